The Labute approximate surface area is 331 Å². The molecule has 3 aliphatic heterocycles. The highest BCUT2D eigenvalue weighted by molar-refractivity contribution is 7.10. The molecule has 54 heavy (non-hydrogen) atoms. The van der Waals surface area contributed by atoms with Crippen LogP contribution in [-0.2, 0) is 56.3 Å². The third-order valence-corrected chi connectivity index (χ3v) is 11.7. The van der Waals surface area contributed by atoms with Crippen molar-refractivity contribution in [3.63, 3.8) is 0 Å². The monoisotopic (exact) mass is 743 g/mol. The zero-order valence-corrected chi connectivity index (χ0v) is 32.0. The summed E-state index contributed by atoms with van der Waals surface area (Å²) in [5.41, 5.74) is 12.8. The molecule has 5 heteroatoms. The summed E-state index contributed by atoms with van der Waals surface area (Å²) >= 11 is 1.93. The first-order valence-electron chi connectivity index (χ1n) is 19.7. The van der Waals surface area contributed by atoms with Crippen LogP contribution in [0.15, 0.2) is 109 Å². The Morgan fingerprint density at radius 2 is 1.04 bits per heavy atom. The number of hydrogen-bond donors (Lipinski definition) is 2. The van der Waals surface area contributed by atoms with Crippen LogP contribution in [0.3, 0.4) is 0 Å². The van der Waals surface area contributed by atoms with Gasteiger partial charge in [-0.2, -0.15) is 0 Å². The summed E-state index contributed by atoms with van der Waals surface area (Å²) in [4.78, 5) is 14.5. The molecule has 5 aromatic rings. The normalized spacial score (nSPS) is 15.9. The van der Waals surface area contributed by atoms with Gasteiger partial charge in [-0.1, -0.05) is 106 Å². The number of thiophene rings is 1. The molecule has 0 unspecified atom stereocenters. The van der Waals surface area contributed by atoms with Crippen LogP contribution in [0.4, 0.5) is 11.4 Å². The number of carbonyl (C=O) groups is 1. The molecule has 0 spiro atoms. The van der Waals surface area contributed by atoms with E-state index in [2.05, 4.69) is 94.9 Å². The molecular formula is C49H65N3OS. The van der Waals surface area contributed by atoms with Crippen LogP contribution in [-0.4, -0.2) is 26.0 Å². The minimum atomic E-state index is 0. The van der Waals surface area contributed by atoms with E-state index < -0.39 is 0 Å². The quantitative estimate of drug-likeness (QED) is 0.155. The highest BCUT2D eigenvalue weighted by atomic mass is 32.1. The van der Waals surface area contributed by atoms with E-state index in [9.17, 15) is 4.79 Å². The number of aryl methyl sites for hydroxylation is 6. The summed E-state index contributed by atoms with van der Waals surface area (Å²) in [7, 11) is 1.81. The highest BCUT2D eigenvalue weighted by Crippen LogP contribution is 2.27. The van der Waals surface area contributed by atoms with Crippen LogP contribution in [0.2, 0.25) is 0 Å². The van der Waals surface area contributed by atoms with Crippen LogP contribution in [0.25, 0.3) is 0 Å². The van der Waals surface area contributed by atoms with E-state index >= 15 is 0 Å². The Morgan fingerprint density at radius 1 is 0.519 bits per heavy atom. The number of rotatable bonds is 0. The Kier molecular flexibility index (Phi) is 18.0. The van der Waals surface area contributed by atoms with Gasteiger partial charge in [-0.15, -0.1) is 11.3 Å². The first-order valence-corrected chi connectivity index (χ1v) is 20.6. The molecule has 0 saturated carbocycles. The summed E-state index contributed by atoms with van der Waals surface area (Å²) in [6.45, 7) is 3.35. The van der Waals surface area contributed by atoms with Gasteiger partial charge in [0.2, 0.25) is 5.91 Å². The van der Waals surface area contributed by atoms with Gasteiger partial charge in [-0.3, -0.25) is 4.79 Å². The number of fused-ring (bicyclic) bond motifs is 5. The second-order valence-corrected chi connectivity index (χ2v) is 15.4. The van der Waals surface area contributed by atoms with Crippen molar-refractivity contribution in [1.29, 1.82) is 0 Å². The highest BCUT2D eigenvalue weighted by Gasteiger charge is 2.22. The SMILES string of the molecule is C.C.CN1C(=O)Cc2ccccc21.c1cc2c(s1)CCCC2.c1ccc2c(c1)CCCCC2.c1ccc2c(c1)CCCN2.c1ccc2c(c1)CCCNC2. The number of para-hydroxylation sites is 2. The number of carbonyl (C=O) groups excluding carboxylic acids is 1. The molecule has 0 atom stereocenters. The Morgan fingerprint density at radius 3 is 1.72 bits per heavy atom. The maximum atomic E-state index is 11.2. The standard InChI is InChI=1S/C11H14.C10H13N.C9H9NO.C9H11N.C8H10S.2CH4/c1-2-6-10-8-4-5-9-11(10)7-3-1;1-2-5-10-8-11-7-3-6-9(10)4-1;1-10-8-5-3-2-4-7(8)6-9(10)11;1-2-6-9-8(4-1)5-3-7-10-9;1-2-4-8-7(3-1)5-6-9-8;;/h4-5,8-9H,1-3,6-7H2;1-2,4-5,11H,3,6-8H2;2-5H,6H2,1H3;1-2,4,6,10H,3,5,7H2;5-6H,1-4H2;2*1H4. The Hall–Kier alpha value is -4.19. The van der Waals surface area contributed by atoms with Gasteiger partial charge in [0.15, 0.2) is 0 Å². The van der Waals surface area contributed by atoms with E-state index in [4.69, 9.17) is 0 Å². The third-order valence-electron chi connectivity index (χ3n) is 10.7. The van der Waals surface area contributed by atoms with Gasteiger partial charge in [0, 0.05) is 36.4 Å². The topological polar surface area (TPSA) is 44.4 Å². The average Bonchev–Trinajstić information content (AvgIpc) is 3.58. The largest absolute Gasteiger partial charge is 0.385 e. The summed E-state index contributed by atoms with van der Waals surface area (Å²) in [6.07, 6.45) is 17.9. The van der Waals surface area contributed by atoms with E-state index in [1.54, 1.807) is 26.5 Å². The minimum absolute atomic E-state index is 0. The Balaban J connectivity index is 0.000000149. The average molecular weight is 744 g/mol. The van der Waals surface area contributed by atoms with Gasteiger partial charge in [0.25, 0.3) is 0 Å². The lowest BCUT2D eigenvalue weighted by molar-refractivity contribution is -0.117. The van der Waals surface area contributed by atoms with Crippen molar-refractivity contribution < 1.29 is 4.79 Å². The molecule has 4 nitrogen and oxygen atoms in total. The van der Waals surface area contributed by atoms with Gasteiger partial charge in [-0.25, -0.2) is 0 Å². The lowest BCUT2D eigenvalue weighted by Crippen LogP contribution is -2.20. The van der Waals surface area contributed by atoms with E-state index in [0.29, 0.717) is 6.42 Å². The van der Waals surface area contributed by atoms with Gasteiger partial charge in [0.05, 0.1) is 6.42 Å². The summed E-state index contributed by atoms with van der Waals surface area (Å²) in [6, 6.07) is 36.3. The summed E-state index contributed by atoms with van der Waals surface area (Å²) < 4.78 is 0. The molecule has 10 rings (SSSR count). The molecule has 5 aliphatic rings. The molecular weight excluding hydrogens is 679 g/mol. The van der Waals surface area contributed by atoms with Crippen molar-refractivity contribution in [3.8, 4) is 0 Å². The zero-order valence-electron chi connectivity index (χ0n) is 31.2. The summed E-state index contributed by atoms with van der Waals surface area (Å²) in [5.74, 6) is 0.186. The van der Waals surface area contributed by atoms with Crippen LogP contribution in [0.1, 0.15) is 104 Å². The fraction of sp³-hybridized carbons (Fsp3) is 0.408. The Bertz CT molecular complexity index is 1700. The van der Waals surface area contributed by atoms with Crippen molar-refractivity contribution in [2.45, 2.75) is 111 Å². The third kappa shape index (κ3) is 12.4. The van der Waals surface area contributed by atoms with Crippen molar-refractivity contribution in [1.82, 2.24) is 5.32 Å². The number of nitrogens with zero attached hydrogens (tertiary/aromatic N) is 1. The number of anilines is 2. The molecule has 2 aliphatic carbocycles. The molecule has 4 heterocycles. The fourth-order valence-electron chi connectivity index (χ4n) is 7.68. The predicted molar refractivity (Wildman–Crippen MR) is 235 cm³/mol. The molecule has 1 aromatic heterocycles. The number of hydrogen-bond acceptors (Lipinski definition) is 4. The molecule has 1 amide bonds. The zero-order chi connectivity index (χ0) is 35.8. The van der Waals surface area contributed by atoms with Crippen LogP contribution >= 0.6 is 11.3 Å². The van der Waals surface area contributed by atoms with E-state index in [1.165, 1.54) is 106 Å². The molecule has 0 saturated heterocycles. The maximum Gasteiger partial charge on any atom is 0.231 e. The van der Waals surface area contributed by atoms with E-state index in [-0.39, 0.29) is 20.8 Å². The van der Waals surface area contributed by atoms with Crippen LogP contribution in [0, 0.1) is 0 Å². The van der Waals surface area contributed by atoms with Gasteiger partial charge >= 0.3 is 0 Å². The maximum absolute atomic E-state index is 11.2. The lowest BCUT2D eigenvalue weighted by atomic mass is 10.00. The minimum Gasteiger partial charge on any atom is -0.385 e. The smallest absolute Gasteiger partial charge is 0.231 e. The number of likely N-dealkylation sites (N-methyl/N-ethyl adjacent to an activating group) is 1. The molecule has 4 aromatic carbocycles. The van der Waals surface area contributed by atoms with Crippen molar-refractivity contribution in [2.24, 2.45) is 0 Å². The summed E-state index contributed by atoms with van der Waals surface area (Å²) in [5, 5.41) is 8.98. The molecule has 2 N–H and O–H groups in total. The van der Waals surface area contributed by atoms with Gasteiger partial charge in [-0.05, 0) is 146 Å². The van der Waals surface area contributed by atoms with Gasteiger partial charge in [0.1, 0.15) is 0 Å². The predicted octanol–water partition coefficient (Wildman–Crippen LogP) is 11.8. The van der Waals surface area contributed by atoms with Gasteiger partial charge < -0.3 is 15.5 Å². The number of nitrogens with one attached hydrogen (secondary N) is 2. The second kappa shape index (κ2) is 22.9. The van der Waals surface area contributed by atoms with Crippen LogP contribution < -0.4 is 15.5 Å². The van der Waals surface area contributed by atoms with Crippen molar-refractivity contribution >= 4 is 28.6 Å². The first-order chi connectivity index (χ1) is 25.7. The van der Waals surface area contributed by atoms with Crippen molar-refractivity contribution in [2.75, 3.05) is 30.4 Å². The molecule has 0 radical (unpaired) electrons. The molecule has 0 bridgehead atoms. The second-order valence-electron chi connectivity index (χ2n) is 14.4. The fourth-order valence-corrected chi connectivity index (χ4v) is 8.66. The first kappa shape index (κ1) is 42.6. The van der Waals surface area contributed by atoms with Crippen molar-refractivity contribution in [3.05, 3.63) is 152 Å². The van der Waals surface area contributed by atoms with E-state index in [1.807, 2.05) is 42.6 Å². The number of benzene rings is 4. The number of amides is 1. The van der Waals surface area contributed by atoms with Crippen LogP contribution in [0.5, 0.6) is 0 Å². The lowest BCUT2D eigenvalue weighted by Gasteiger charge is -2.16. The molecule has 288 valence electrons. The van der Waals surface area contributed by atoms with E-state index in [0.717, 1.165) is 30.9 Å². The molecule has 0 fully saturated rings.